The first-order chi connectivity index (χ1) is 6.25. The van der Waals surface area contributed by atoms with E-state index in [1.54, 1.807) is 14.2 Å². The van der Waals surface area contributed by atoms with E-state index in [0.717, 1.165) is 19.6 Å². The average Bonchev–Trinajstić information content (AvgIpc) is 2.22. The molecular weight excluding hydrogens is 168 g/mol. The number of hydrogen-bond donors (Lipinski definition) is 0. The molecule has 1 unspecified atom stereocenters. The fourth-order valence-electron chi connectivity index (χ4n) is 1.54. The Morgan fingerprint density at radius 1 is 1.23 bits per heavy atom. The summed E-state index contributed by atoms with van der Waals surface area (Å²) < 4.78 is 16.0. The van der Waals surface area contributed by atoms with Gasteiger partial charge in [0.2, 0.25) is 0 Å². The van der Waals surface area contributed by atoms with E-state index in [9.17, 15) is 0 Å². The average molecular weight is 190 g/mol. The summed E-state index contributed by atoms with van der Waals surface area (Å²) in [5.74, 6) is -0.0932. The largest absolute Gasteiger partial charge is 0.381 e. The van der Waals surface area contributed by atoms with Gasteiger partial charge in [-0.25, -0.2) is 0 Å². The molecule has 1 saturated heterocycles. The van der Waals surface area contributed by atoms with Crippen molar-refractivity contribution in [1.29, 1.82) is 0 Å². The first-order valence-electron chi connectivity index (χ1n) is 4.93. The van der Waals surface area contributed by atoms with Gasteiger partial charge in [0.15, 0.2) is 5.79 Å². The molecule has 1 atom stereocenters. The van der Waals surface area contributed by atoms with Crippen LogP contribution in [0.4, 0.5) is 0 Å². The zero-order chi connectivity index (χ0) is 10.3. The van der Waals surface area contributed by atoms with E-state index in [-0.39, 0.29) is 0 Å². The van der Waals surface area contributed by atoms with Crippen molar-refractivity contribution in [3.05, 3.63) is 0 Å². The van der Waals surface area contributed by atoms with Crippen LogP contribution < -0.4 is 0 Å². The monoisotopic (exact) mass is 190 g/mol. The molecule has 3 heteroatoms. The summed E-state index contributed by atoms with van der Waals surface area (Å²) in [6.45, 7) is 7.53. The highest BCUT2D eigenvalue weighted by atomic mass is 16.7. The lowest BCUT2D eigenvalue weighted by molar-refractivity contribution is -0.271. The molecule has 0 aromatic heterocycles. The van der Waals surface area contributed by atoms with Crippen LogP contribution in [0, 0.1) is 5.92 Å². The summed E-state index contributed by atoms with van der Waals surface area (Å²) in [5, 5.41) is 0. The molecule has 0 amide bonds. The van der Waals surface area contributed by atoms with Crippen LogP contribution in [0.15, 0.2) is 0 Å². The first-order valence-corrected chi connectivity index (χ1v) is 4.93. The lowest BCUT2D eigenvalue weighted by Gasteiger charge is -2.39. The van der Waals surface area contributed by atoms with Crippen LogP contribution in [-0.4, -0.2) is 33.2 Å². The standard InChI is InChI=1S/C8H16O3.C2H6/c1-7-6-11-5-4-8(7,9-2)10-3;1-2/h7H,4-6H2,1-3H3;1-2H3. The van der Waals surface area contributed by atoms with E-state index in [1.807, 2.05) is 13.8 Å². The van der Waals surface area contributed by atoms with Crippen LogP contribution in [0.25, 0.3) is 0 Å². The van der Waals surface area contributed by atoms with Gasteiger partial charge < -0.3 is 14.2 Å². The second-order valence-electron chi connectivity index (χ2n) is 2.95. The Hall–Kier alpha value is -0.120. The predicted molar refractivity (Wildman–Crippen MR) is 52.7 cm³/mol. The minimum atomic E-state index is -0.405. The zero-order valence-corrected chi connectivity index (χ0v) is 9.42. The van der Waals surface area contributed by atoms with Crippen LogP contribution in [-0.2, 0) is 14.2 Å². The lowest BCUT2D eigenvalue weighted by Crippen LogP contribution is -2.47. The maximum atomic E-state index is 5.34. The molecule has 0 saturated carbocycles. The van der Waals surface area contributed by atoms with Gasteiger partial charge in [-0.15, -0.1) is 0 Å². The summed E-state index contributed by atoms with van der Waals surface area (Å²) in [4.78, 5) is 0. The van der Waals surface area contributed by atoms with E-state index in [4.69, 9.17) is 14.2 Å². The van der Waals surface area contributed by atoms with Crippen LogP contribution in [0.5, 0.6) is 0 Å². The van der Waals surface area contributed by atoms with Gasteiger partial charge in [-0.2, -0.15) is 0 Å². The van der Waals surface area contributed by atoms with Crippen molar-refractivity contribution in [2.24, 2.45) is 5.92 Å². The number of rotatable bonds is 2. The highest BCUT2D eigenvalue weighted by Crippen LogP contribution is 2.29. The molecule has 0 aromatic rings. The van der Waals surface area contributed by atoms with Crippen LogP contribution in [0.2, 0.25) is 0 Å². The number of hydrogen-bond acceptors (Lipinski definition) is 3. The van der Waals surface area contributed by atoms with Gasteiger partial charge in [0.1, 0.15) is 0 Å². The Morgan fingerprint density at radius 2 is 1.77 bits per heavy atom. The molecule has 1 aliphatic heterocycles. The fraction of sp³-hybridized carbons (Fsp3) is 1.00. The van der Waals surface area contributed by atoms with Gasteiger partial charge in [-0.1, -0.05) is 20.8 Å². The molecule has 80 valence electrons. The van der Waals surface area contributed by atoms with Crippen LogP contribution in [0.1, 0.15) is 27.2 Å². The molecule has 0 radical (unpaired) electrons. The van der Waals surface area contributed by atoms with E-state index in [2.05, 4.69) is 6.92 Å². The fourth-order valence-corrected chi connectivity index (χ4v) is 1.54. The van der Waals surface area contributed by atoms with Crippen LogP contribution >= 0.6 is 0 Å². The van der Waals surface area contributed by atoms with Crippen molar-refractivity contribution in [1.82, 2.24) is 0 Å². The second kappa shape index (κ2) is 6.35. The van der Waals surface area contributed by atoms with Crippen molar-refractivity contribution in [2.45, 2.75) is 33.0 Å². The van der Waals surface area contributed by atoms with E-state index >= 15 is 0 Å². The Balaban J connectivity index is 0.000000671. The van der Waals surface area contributed by atoms with Gasteiger partial charge in [-0.05, 0) is 0 Å². The number of ether oxygens (including phenoxy) is 3. The molecule has 1 aliphatic rings. The third kappa shape index (κ3) is 2.93. The second-order valence-corrected chi connectivity index (χ2v) is 2.95. The van der Waals surface area contributed by atoms with E-state index in [0.29, 0.717) is 5.92 Å². The molecule has 3 nitrogen and oxygen atoms in total. The summed E-state index contributed by atoms with van der Waals surface area (Å²) in [5.41, 5.74) is 0. The van der Waals surface area contributed by atoms with Crippen LogP contribution in [0.3, 0.4) is 0 Å². The smallest absolute Gasteiger partial charge is 0.174 e. The molecule has 13 heavy (non-hydrogen) atoms. The SMILES string of the molecule is CC.COC1(OC)CCOCC1C. The number of methoxy groups -OCH3 is 2. The third-order valence-corrected chi connectivity index (χ3v) is 2.40. The Morgan fingerprint density at radius 3 is 2.08 bits per heavy atom. The quantitative estimate of drug-likeness (QED) is 0.624. The molecule has 0 bridgehead atoms. The first kappa shape index (κ1) is 12.9. The summed E-state index contributed by atoms with van der Waals surface area (Å²) in [7, 11) is 3.37. The highest BCUT2D eigenvalue weighted by Gasteiger charge is 2.38. The van der Waals surface area contributed by atoms with E-state index < -0.39 is 5.79 Å². The summed E-state index contributed by atoms with van der Waals surface area (Å²) in [6.07, 6.45) is 0.821. The highest BCUT2D eigenvalue weighted by molar-refractivity contribution is 4.79. The molecule has 0 aromatic carbocycles. The van der Waals surface area contributed by atoms with Crippen molar-refractivity contribution in [3.63, 3.8) is 0 Å². The van der Waals surface area contributed by atoms with Gasteiger partial charge in [0, 0.05) is 26.6 Å². The van der Waals surface area contributed by atoms with Gasteiger partial charge >= 0.3 is 0 Å². The summed E-state index contributed by atoms with van der Waals surface area (Å²) >= 11 is 0. The molecule has 1 heterocycles. The van der Waals surface area contributed by atoms with Crippen molar-refractivity contribution in [3.8, 4) is 0 Å². The molecule has 1 fully saturated rings. The van der Waals surface area contributed by atoms with Crippen molar-refractivity contribution < 1.29 is 14.2 Å². The normalized spacial score (nSPS) is 26.1. The minimum Gasteiger partial charge on any atom is -0.381 e. The van der Waals surface area contributed by atoms with Gasteiger partial charge in [0.25, 0.3) is 0 Å². The van der Waals surface area contributed by atoms with Gasteiger partial charge in [-0.3, -0.25) is 0 Å². The topological polar surface area (TPSA) is 27.7 Å². The lowest BCUT2D eigenvalue weighted by atomic mass is 9.96. The van der Waals surface area contributed by atoms with Gasteiger partial charge in [0.05, 0.1) is 13.2 Å². The third-order valence-electron chi connectivity index (χ3n) is 2.40. The predicted octanol–water partition coefficient (Wildman–Crippen LogP) is 2.06. The Kier molecular flexibility index (Phi) is 6.29. The Bertz CT molecular complexity index is 121. The molecule has 0 N–H and O–H groups in total. The molecule has 0 aliphatic carbocycles. The molecule has 0 spiro atoms. The minimum absolute atomic E-state index is 0.311. The summed E-state index contributed by atoms with van der Waals surface area (Å²) in [6, 6.07) is 0. The molecular formula is C10H22O3. The maximum Gasteiger partial charge on any atom is 0.174 e. The molecule has 1 rings (SSSR count). The van der Waals surface area contributed by atoms with E-state index in [1.165, 1.54) is 0 Å². The van der Waals surface area contributed by atoms with Crippen molar-refractivity contribution in [2.75, 3.05) is 27.4 Å². The Labute approximate surface area is 81.4 Å². The maximum absolute atomic E-state index is 5.34. The van der Waals surface area contributed by atoms with Crippen molar-refractivity contribution >= 4 is 0 Å². The zero-order valence-electron chi connectivity index (χ0n) is 9.42.